The van der Waals surface area contributed by atoms with Gasteiger partial charge in [0.15, 0.2) is 0 Å². The van der Waals surface area contributed by atoms with Gasteiger partial charge in [-0.2, -0.15) is 0 Å². The number of piperidine rings is 1. The van der Waals surface area contributed by atoms with E-state index in [9.17, 15) is 13.2 Å². The average Bonchev–Trinajstić information content (AvgIpc) is 2.65. The summed E-state index contributed by atoms with van der Waals surface area (Å²) in [7, 11) is -3.17. The lowest BCUT2D eigenvalue weighted by atomic mass is 10.1. The van der Waals surface area contributed by atoms with Gasteiger partial charge in [0.1, 0.15) is 0 Å². The van der Waals surface area contributed by atoms with Gasteiger partial charge in [0.05, 0.1) is 12.8 Å². The number of hydrogen-bond acceptors (Lipinski definition) is 4. The first-order valence-electron chi connectivity index (χ1n) is 7.91. The minimum atomic E-state index is -3.17. The molecule has 0 aromatic carbocycles. The lowest BCUT2D eigenvalue weighted by Crippen LogP contribution is -2.50. The summed E-state index contributed by atoms with van der Waals surface area (Å²) in [4.78, 5) is 16.4. The number of amides is 1. The minimum Gasteiger partial charge on any atom is -0.342 e. The molecule has 2 fully saturated rings. The maximum atomic E-state index is 12.4. The Morgan fingerprint density at radius 1 is 1.10 bits per heavy atom. The van der Waals surface area contributed by atoms with E-state index < -0.39 is 10.0 Å². The molecule has 1 amide bonds. The van der Waals surface area contributed by atoms with Crippen LogP contribution >= 0.6 is 0 Å². The van der Waals surface area contributed by atoms with Crippen molar-refractivity contribution in [3.63, 3.8) is 0 Å². The maximum Gasteiger partial charge on any atom is 0.236 e. The van der Waals surface area contributed by atoms with E-state index in [2.05, 4.69) is 9.62 Å². The summed E-state index contributed by atoms with van der Waals surface area (Å²) in [5, 5.41) is 0. The van der Waals surface area contributed by atoms with Crippen LogP contribution in [0.25, 0.3) is 0 Å². The number of rotatable bonds is 4. The molecule has 1 N–H and O–H groups in total. The van der Waals surface area contributed by atoms with Crippen molar-refractivity contribution in [2.75, 3.05) is 39.0 Å². The predicted octanol–water partition coefficient (Wildman–Crippen LogP) is 0.403. The Morgan fingerprint density at radius 3 is 2.38 bits per heavy atom. The second-order valence-electron chi connectivity index (χ2n) is 6.26. The summed E-state index contributed by atoms with van der Waals surface area (Å²) >= 11 is 0. The third-order valence-corrected chi connectivity index (χ3v) is 4.97. The number of carbonyl (C=O) groups excluding carboxylic acids is 1. The molecule has 2 aliphatic rings. The quantitative estimate of drug-likeness (QED) is 0.815. The van der Waals surface area contributed by atoms with Gasteiger partial charge >= 0.3 is 0 Å². The van der Waals surface area contributed by atoms with Crippen LogP contribution < -0.4 is 4.72 Å². The summed E-state index contributed by atoms with van der Waals surface area (Å²) in [6, 6.07) is -0.0642. The van der Waals surface area contributed by atoms with Gasteiger partial charge < -0.3 is 4.90 Å². The molecule has 2 heterocycles. The summed E-state index contributed by atoms with van der Waals surface area (Å²) < 4.78 is 25.3. The molecular weight excluding hydrogens is 290 g/mol. The first-order chi connectivity index (χ1) is 9.94. The molecule has 21 heavy (non-hydrogen) atoms. The zero-order chi connectivity index (χ0) is 15.3. The zero-order valence-electron chi connectivity index (χ0n) is 12.9. The molecule has 2 saturated heterocycles. The van der Waals surface area contributed by atoms with Crippen LogP contribution in [0.4, 0.5) is 0 Å². The Morgan fingerprint density at radius 2 is 1.76 bits per heavy atom. The van der Waals surface area contributed by atoms with E-state index in [-0.39, 0.29) is 11.9 Å². The standard InChI is InChI=1S/C14H27N3O3S/c1-21(19,20)15-13-7-6-8-16(11-13)12-14(18)17-9-4-2-3-5-10-17/h13,15H,2-12H2,1H3. The van der Waals surface area contributed by atoms with Crippen LogP contribution in [0.2, 0.25) is 0 Å². The second-order valence-corrected chi connectivity index (χ2v) is 8.04. The van der Waals surface area contributed by atoms with Crippen molar-refractivity contribution in [3.05, 3.63) is 0 Å². The van der Waals surface area contributed by atoms with Crippen LogP contribution in [0.5, 0.6) is 0 Å². The van der Waals surface area contributed by atoms with Gasteiger partial charge in [0.2, 0.25) is 15.9 Å². The van der Waals surface area contributed by atoms with Crippen LogP contribution in [0.1, 0.15) is 38.5 Å². The number of carbonyl (C=O) groups is 1. The Kier molecular flexibility index (Phi) is 6.01. The molecule has 1 atom stereocenters. The molecule has 2 rings (SSSR count). The van der Waals surface area contributed by atoms with Gasteiger partial charge in [0, 0.05) is 25.7 Å². The molecule has 1 unspecified atom stereocenters. The number of hydrogen-bond donors (Lipinski definition) is 1. The zero-order valence-corrected chi connectivity index (χ0v) is 13.7. The molecule has 7 heteroatoms. The Hall–Kier alpha value is -0.660. The van der Waals surface area contributed by atoms with E-state index in [4.69, 9.17) is 0 Å². The fourth-order valence-corrected chi connectivity index (χ4v) is 4.01. The highest BCUT2D eigenvalue weighted by Crippen LogP contribution is 2.13. The van der Waals surface area contributed by atoms with Crippen molar-refractivity contribution in [1.29, 1.82) is 0 Å². The topological polar surface area (TPSA) is 69.7 Å². The fourth-order valence-electron chi connectivity index (χ4n) is 3.21. The van der Waals surface area contributed by atoms with Gasteiger partial charge in [-0.3, -0.25) is 9.69 Å². The van der Waals surface area contributed by atoms with Gasteiger partial charge in [-0.15, -0.1) is 0 Å². The lowest BCUT2D eigenvalue weighted by Gasteiger charge is -2.33. The summed E-state index contributed by atoms with van der Waals surface area (Å²) in [5.41, 5.74) is 0. The summed E-state index contributed by atoms with van der Waals surface area (Å²) in [6.07, 6.45) is 7.60. The third-order valence-electron chi connectivity index (χ3n) is 4.20. The predicted molar refractivity (Wildman–Crippen MR) is 82.5 cm³/mol. The highest BCUT2D eigenvalue weighted by Gasteiger charge is 2.25. The smallest absolute Gasteiger partial charge is 0.236 e. The average molecular weight is 317 g/mol. The van der Waals surface area contributed by atoms with Gasteiger partial charge in [0.25, 0.3) is 0 Å². The number of sulfonamides is 1. The van der Waals surface area contributed by atoms with Crippen molar-refractivity contribution >= 4 is 15.9 Å². The van der Waals surface area contributed by atoms with Gasteiger partial charge in [-0.05, 0) is 32.2 Å². The lowest BCUT2D eigenvalue weighted by molar-refractivity contribution is -0.132. The van der Waals surface area contributed by atoms with E-state index in [0.717, 1.165) is 45.3 Å². The molecule has 0 spiro atoms. The molecule has 0 aliphatic carbocycles. The Labute approximate surface area is 127 Å². The molecule has 0 aromatic heterocycles. The monoisotopic (exact) mass is 317 g/mol. The maximum absolute atomic E-state index is 12.4. The number of nitrogens with one attached hydrogen (secondary N) is 1. The molecule has 0 bridgehead atoms. The summed E-state index contributed by atoms with van der Waals surface area (Å²) in [5.74, 6) is 0.192. The van der Waals surface area contributed by atoms with Crippen LogP contribution in [0, 0.1) is 0 Å². The Bertz CT molecular complexity index is 444. The normalized spacial score (nSPS) is 25.6. The number of likely N-dealkylation sites (tertiary alicyclic amines) is 2. The van der Waals surface area contributed by atoms with Crippen molar-refractivity contribution in [1.82, 2.24) is 14.5 Å². The van der Waals surface area contributed by atoms with E-state index in [1.165, 1.54) is 19.1 Å². The minimum absolute atomic E-state index is 0.0642. The van der Waals surface area contributed by atoms with Crippen molar-refractivity contribution in [3.8, 4) is 0 Å². The van der Waals surface area contributed by atoms with Gasteiger partial charge in [-0.1, -0.05) is 12.8 Å². The highest BCUT2D eigenvalue weighted by molar-refractivity contribution is 7.88. The van der Waals surface area contributed by atoms with Crippen LogP contribution in [0.15, 0.2) is 0 Å². The first kappa shape index (κ1) is 16.7. The molecule has 0 saturated carbocycles. The number of nitrogens with zero attached hydrogens (tertiary/aromatic N) is 2. The molecule has 0 aromatic rings. The first-order valence-corrected chi connectivity index (χ1v) is 9.80. The van der Waals surface area contributed by atoms with Crippen LogP contribution in [-0.2, 0) is 14.8 Å². The molecular formula is C14H27N3O3S. The molecule has 2 aliphatic heterocycles. The van der Waals surface area contributed by atoms with E-state index >= 15 is 0 Å². The van der Waals surface area contributed by atoms with Crippen molar-refractivity contribution in [2.24, 2.45) is 0 Å². The van der Waals surface area contributed by atoms with E-state index in [1.54, 1.807) is 0 Å². The molecule has 122 valence electrons. The third kappa shape index (κ3) is 5.92. The van der Waals surface area contributed by atoms with E-state index in [1.807, 2.05) is 4.90 Å². The second kappa shape index (κ2) is 7.56. The van der Waals surface area contributed by atoms with Crippen LogP contribution in [-0.4, -0.2) is 69.1 Å². The highest BCUT2D eigenvalue weighted by atomic mass is 32.2. The van der Waals surface area contributed by atoms with E-state index in [0.29, 0.717) is 13.1 Å². The van der Waals surface area contributed by atoms with Crippen molar-refractivity contribution in [2.45, 2.75) is 44.6 Å². The van der Waals surface area contributed by atoms with Crippen molar-refractivity contribution < 1.29 is 13.2 Å². The van der Waals surface area contributed by atoms with Crippen LogP contribution in [0.3, 0.4) is 0 Å². The molecule has 0 radical (unpaired) electrons. The molecule has 6 nitrogen and oxygen atoms in total. The summed E-state index contributed by atoms with van der Waals surface area (Å²) in [6.45, 7) is 3.67. The fraction of sp³-hybridized carbons (Fsp3) is 0.929. The SMILES string of the molecule is CS(=O)(=O)NC1CCCN(CC(=O)N2CCCCCC2)C1. The largest absolute Gasteiger partial charge is 0.342 e. The van der Waals surface area contributed by atoms with Gasteiger partial charge in [-0.25, -0.2) is 13.1 Å². The Balaban J connectivity index is 1.82.